The quantitative estimate of drug-likeness (QED) is 0.852. The minimum absolute atomic E-state index is 0.609. The molecule has 0 spiro atoms. The monoisotopic (exact) mass is 219 g/mol. The van der Waals surface area contributed by atoms with Crippen LogP contribution in [0.3, 0.4) is 0 Å². The van der Waals surface area contributed by atoms with E-state index in [1.807, 2.05) is 25.1 Å². The number of hydrogen-bond donors (Lipinski definition) is 1. The van der Waals surface area contributed by atoms with Crippen LogP contribution in [0.2, 0.25) is 0 Å². The molecule has 0 amide bonds. The van der Waals surface area contributed by atoms with E-state index in [-0.39, 0.29) is 0 Å². The summed E-state index contributed by atoms with van der Waals surface area (Å²) in [6.07, 6.45) is 1.47. The van der Waals surface area contributed by atoms with E-state index in [1.54, 1.807) is 7.11 Å². The Bertz CT molecular complexity index is 454. The molecular weight excluding hydrogens is 206 g/mol. The van der Waals surface area contributed by atoms with E-state index in [9.17, 15) is 0 Å². The number of nitrogens with one attached hydrogen (secondary N) is 1. The third kappa shape index (κ3) is 1.98. The third-order valence-corrected chi connectivity index (χ3v) is 2.15. The Morgan fingerprint density at radius 1 is 1.31 bits per heavy atom. The zero-order valence-electron chi connectivity index (χ0n) is 9.23. The molecule has 1 heterocycles. The van der Waals surface area contributed by atoms with Crippen molar-refractivity contribution >= 4 is 0 Å². The Kier molecular flexibility index (Phi) is 3.05. The molecule has 0 bridgehead atoms. The lowest BCUT2D eigenvalue weighted by molar-refractivity contribution is 0.311. The molecule has 0 saturated carbocycles. The maximum Gasteiger partial charge on any atom is 0.161 e. The van der Waals surface area contributed by atoms with Crippen molar-refractivity contribution in [1.29, 1.82) is 0 Å². The van der Waals surface area contributed by atoms with Crippen LogP contribution in [0.15, 0.2) is 24.5 Å². The van der Waals surface area contributed by atoms with Gasteiger partial charge in [0.2, 0.25) is 0 Å². The van der Waals surface area contributed by atoms with Gasteiger partial charge in [-0.2, -0.15) is 5.10 Å². The Hall–Kier alpha value is -2.04. The number of methoxy groups -OCH3 is 1. The second kappa shape index (κ2) is 4.65. The summed E-state index contributed by atoms with van der Waals surface area (Å²) in [4.78, 5) is 4.07. The first-order valence-electron chi connectivity index (χ1n) is 5.01. The topological polar surface area (TPSA) is 60.0 Å². The Morgan fingerprint density at radius 2 is 2.19 bits per heavy atom. The summed E-state index contributed by atoms with van der Waals surface area (Å²) < 4.78 is 10.7. The largest absolute Gasteiger partial charge is 0.493 e. The van der Waals surface area contributed by atoms with Crippen molar-refractivity contribution < 1.29 is 9.47 Å². The summed E-state index contributed by atoms with van der Waals surface area (Å²) in [5, 5.41) is 6.60. The maximum absolute atomic E-state index is 5.43. The number of aromatic nitrogens is 3. The Balaban J connectivity index is 2.36. The summed E-state index contributed by atoms with van der Waals surface area (Å²) in [6.45, 7) is 2.54. The number of hydrogen-bond acceptors (Lipinski definition) is 4. The summed E-state index contributed by atoms with van der Waals surface area (Å²) in [5.41, 5.74) is 0.915. The number of rotatable bonds is 4. The van der Waals surface area contributed by atoms with E-state index in [0.717, 1.165) is 11.3 Å². The molecule has 0 saturated heterocycles. The van der Waals surface area contributed by atoms with Crippen LogP contribution >= 0.6 is 0 Å². The predicted molar refractivity (Wildman–Crippen MR) is 59.5 cm³/mol. The Labute approximate surface area is 93.4 Å². The maximum atomic E-state index is 5.43. The van der Waals surface area contributed by atoms with E-state index in [0.29, 0.717) is 18.2 Å². The van der Waals surface area contributed by atoms with Crippen molar-refractivity contribution in [3.05, 3.63) is 24.5 Å². The van der Waals surface area contributed by atoms with Gasteiger partial charge in [-0.05, 0) is 25.1 Å². The molecule has 0 fully saturated rings. The highest BCUT2D eigenvalue weighted by Gasteiger charge is 2.07. The highest BCUT2D eigenvalue weighted by molar-refractivity contribution is 5.60. The second-order valence-corrected chi connectivity index (χ2v) is 3.13. The molecule has 0 aliphatic rings. The van der Waals surface area contributed by atoms with Crippen molar-refractivity contribution in [2.45, 2.75) is 6.92 Å². The first kappa shape index (κ1) is 10.5. The first-order chi connectivity index (χ1) is 7.85. The summed E-state index contributed by atoms with van der Waals surface area (Å²) in [5.74, 6) is 2.13. The van der Waals surface area contributed by atoms with E-state index in [1.165, 1.54) is 6.33 Å². The van der Waals surface area contributed by atoms with Crippen molar-refractivity contribution in [3.8, 4) is 22.9 Å². The lowest BCUT2D eigenvalue weighted by Gasteiger charge is -2.09. The molecule has 2 rings (SSSR count). The minimum atomic E-state index is 0.609. The van der Waals surface area contributed by atoms with Crippen molar-refractivity contribution in [3.63, 3.8) is 0 Å². The zero-order chi connectivity index (χ0) is 11.4. The summed E-state index contributed by atoms with van der Waals surface area (Å²) in [7, 11) is 1.61. The van der Waals surface area contributed by atoms with E-state index < -0.39 is 0 Å². The SMILES string of the molecule is CCOc1ccc(-c2ncn[nH]2)cc1OC. The first-order valence-corrected chi connectivity index (χ1v) is 5.01. The number of H-pyrrole nitrogens is 1. The normalized spacial score (nSPS) is 10.1. The van der Waals surface area contributed by atoms with E-state index in [4.69, 9.17) is 9.47 Å². The van der Waals surface area contributed by atoms with Crippen molar-refractivity contribution in [2.24, 2.45) is 0 Å². The van der Waals surface area contributed by atoms with Gasteiger partial charge >= 0.3 is 0 Å². The van der Waals surface area contributed by atoms with Crippen LogP contribution in [-0.4, -0.2) is 28.9 Å². The van der Waals surface area contributed by atoms with Crippen LogP contribution in [-0.2, 0) is 0 Å². The molecule has 0 atom stereocenters. The van der Waals surface area contributed by atoms with Crippen molar-refractivity contribution in [1.82, 2.24) is 15.2 Å². The number of benzene rings is 1. The number of aromatic amines is 1. The van der Waals surface area contributed by atoms with Crippen molar-refractivity contribution in [2.75, 3.05) is 13.7 Å². The second-order valence-electron chi connectivity index (χ2n) is 3.13. The molecule has 0 radical (unpaired) electrons. The van der Waals surface area contributed by atoms with Crippen LogP contribution in [0.5, 0.6) is 11.5 Å². The standard InChI is InChI=1S/C11H13N3O2/c1-3-16-9-5-4-8(6-10(9)15-2)11-12-7-13-14-11/h4-7H,3H2,1-2H3,(H,12,13,14). The molecule has 2 aromatic rings. The van der Waals surface area contributed by atoms with Gasteiger partial charge in [0.15, 0.2) is 17.3 Å². The van der Waals surface area contributed by atoms with Crippen LogP contribution in [0.25, 0.3) is 11.4 Å². The molecule has 16 heavy (non-hydrogen) atoms. The highest BCUT2D eigenvalue weighted by atomic mass is 16.5. The lowest BCUT2D eigenvalue weighted by Crippen LogP contribution is -1.95. The van der Waals surface area contributed by atoms with Gasteiger partial charge in [0.1, 0.15) is 6.33 Å². The molecule has 84 valence electrons. The van der Waals surface area contributed by atoms with Gasteiger partial charge in [0.05, 0.1) is 13.7 Å². The van der Waals surface area contributed by atoms with E-state index >= 15 is 0 Å². The summed E-state index contributed by atoms with van der Waals surface area (Å²) in [6, 6.07) is 5.64. The molecule has 5 heteroatoms. The van der Waals surface area contributed by atoms with Crippen LogP contribution in [0, 0.1) is 0 Å². The van der Waals surface area contributed by atoms with Gasteiger partial charge in [-0.15, -0.1) is 0 Å². The number of nitrogens with zero attached hydrogens (tertiary/aromatic N) is 2. The molecule has 0 aliphatic carbocycles. The van der Waals surface area contributed by atoms with Gasteiger partial charge in [0.25, 0.3) is 0 Å². The molecule has 1 aromatic heterocycles. The Morgan fingerprint density at radius 3 is 2.81 bits per heavy atom. The van der Waals surface area contributed by atoms with Gasteiger partial charge < -0.3 is 9.47 Å². The highest BCUT2D eigenvalue weighted by Crippen LogP contribution is 2.30. The molecule has 1 aromatic carbocycles. The fourth-order valence-corrected chi connectivity index (χ4v) is 1.43. The number of ether oxygens (including phenoxy) is 2. The van der Waals surface area contributed by atoms with Gasteiger partial charge in [-0.3, -0.25) is 5.10 Å². The fourth-order valence-electron chi connectivity index (χ4n) is 1.43. The lowest BCUT2D eigenvalue weighted by atomic mass is 10.2. The molecule has 5 nitrogen and oxygen atoms in total. The average Bonchev–Trinajstić information content (AvgIpc) is 2.83. The molecule has 0 unspecified atom stereocenters. The van der Waals surface area contributed by atoms with Crippen LogP contribution in [0.4, 0.5) is 0 Å². The van der Waals surface area contributed by atoms with Gasteiger partial charge in [0, 0.05) is 5.56 Å². The van der Waals surface area contributed by atoms with E-state index in [2.05, 4.69) is 15.2 Å². The minimum Gasteiger partial charge on any atom is -0.493 e. The molecular formula is C11H13N3O2. The van der Waals surface area contributed by atoms with Crippen LogP contribution < -0.4 is 9.47 Å². The zero-order valence-corrected chi connectivity index (χ0v) is 9.23. The average molecular weight is 219 g/mol. The third-order valence-electron chi connectivity index (χ3n) is 2.15. The smallest absolute Gasteiger partial charge is 0.161 e. The van der Waals surface area contributed by atoms with Crippen LogP contribution in [0.1, 0.15) is 6.92 Å². The predicted octanol–water partition coefficient (Wildman–Crippen LogP) is 1.88. The fraction of sp³-hybridized carbons (Fsp3) is 0.273. The summed E-state index contributed by atoms with van der Waals surface area (Å²) >= 11 is 0. The van der Waals surface area contributed by atoms with Gasteiger partial charge in [-0.1, -0.05) is 0 Å². The molecule has 1 N–H and O–H groups in total. The van der Waals surface area contributed by atoms with Gasteiger partial charge in [-0.25, -0.2) is 4.98 Å². The molecule has 0 aliphatic heterocycles.